The molecule has 1 rings (SSSR count). The van der Waals surface area contributed by atoms with Gasteiger partial charge in [-0.3, -0.25) is 0 Å². The summed E-state index contributed by atoms with van der Waals surface area (Å²) >= 11 is 0. The van der Waals surface area contributed by atoms with Crippen molar-refractivity contribution in [3.63, 3.8) is 0 Å². The molecule has 15 heavy (non-hydrogen) atoms. The zero-order valence-corrected chi connectivity index (χ0v) is 8.38. The standard InChI is InChI=1S/C8H9F2NO3S/c9-8(10)14-7-3-1-6(2-4-7)5-15(11,12)13/h1-4,8H,5H2,(H2,11,12,13). The molecule has 0 fully saturated rings. The van der Waals surface area contributed by atoms with Crippen molar-refractivity contribution in [3.8, 4) is 5.75 Å². The van der Waals surface area contributed by atoms with Gasteiger partial charge in [-0.25, -0.2) is 13.6 Å². The molecular weight excluding hydrogens is 228 g/mol. The second-order valence-electron chi connectivity index (χ2n) is 2.83. The Morgan fingerprint density at radius 2 is 1.80 bits per heavy atom. The van der Waals surface area contributed by atoms with Gasteiger partial charge in [-0.15, -0.1) is 0 Å². The summed E-state index contributed by atoms with van der Waals surface area (Å²) in [6.45, 7) is -2.89. The van der Waals surface area contributed by atoms with Crippen LogP contribution in [0.15, 0.2) is 24.3 Å². The lowest BCUT2D eigenvalue weighted by Gasteiger charge is -2.04. The maximum Gasteiger partial charge on any atom is 0.387 e. The molecule has 0 radical (unpaired) electrons. The molecule has 0 aliphatic carbocycles. The van der Waals surface area contributed by atoms with E-state index in [0.717, 1.165) is 0 Å². The zero-order valence-electron chi connectivity index (χ0n) is 7.56. The molecule has 0 atom stereocenters. The van der Waals surface area contributed by atoms with Crippen molar-refractivity contribution in [2.45, 2.75) is 12.4 Å². The lowest BCUT2D eigenvalue weighted by atomic mass is 10.2. The van der Waals surface area contributed by atoms with Crippen molar-refractivity contribution in [2.75, 3.05) is 0 Å². The largest absolute Gasteiger partial charge is 0.435 e. The Morgan fingerprint density at radius 1 is 1.27 bits per heavy atom. The molecule has 1 aromatic rings. The van der Waals surface area contributed by atoms with E-state index in [1.54, 1.807) is 0 Å². The first kappa shape index (κ1) is 11.9. The normalized spacial score (nSPS) is 11.7. The molecule has 0 unspecified atom stereocenters. The minimum Gasteiger partial charge on any atom is -0.435 e. The molecule has 1 aromatic carbocycles. The summed E-state index contributed by atoms with van der Waals surface area (Å²) in [6, 6.07) is 5.24. The van der Waals surface area contributed by atoms with Gasteiger partial charge in [-0.1, -0.05) is 12.1 Å². The molecule has 0 amide bonds. The average Bonchev–Trinajstić information content (AvgIpc) is 2.05. The fourth-order valence-electron chi connectivity index (χ4n) is 0.999. The lowest BCUT2D eigenvalue weighted by Crippen LogP contribution is -2.14. The number of sulfonamides is 1. The molecule has 0 saturated heterocycles. The van der Waals surface area contributed by atoms with E-state index in [2.05, 4.69) is 4.74 Å². The summed E-state index contributed by atoms with van der Waals surface area (Å²) in [5.41, 5.74) is 0.416. The molecule has 0 aliphatic heterocycles. The van der Waals surface area contributed by atoms with E-state index in [1.165, 1.54) is 24.3 Å². The number of alkyl halides is 2. The van der Waals surface area contributed by atoms with Gasteiger partial charge in [0, 0.05) is 0 Å². The van der Waals surface area contributed by atoms with Crippen LogP contribution in [0.25, 0.3) is 0 Å². The smallest absolute Gasteiger partial charge is 0.387 e. The van der Waals surface area contributed by atoms with Crippen molar-refractivity contribution in [1.82, 2.24) is 0 Å². The number of rotatable bonds is 4. The second-order valence-corrected chi connectivity index (χ2v) is 4.44. The SMILES string of the molecule is NS(=O)(=O)Cc1ccc(OC(F)F)cc1. The highest BCUT2D eigenvalue weighted by Gasteiger charge is 2.06. The third kappa shape index (κ3) is 4.71. The third-order valence-electron chi connectivity index (χ3n) is 1.52. The van der Waals surface area contributed by atoms with Crippen molar-refractivity contribution in [1.29, 1.82) is 0 Å². The summed E-state index contributed by atoms with van der Waals surface area (Å²) in [7, 11) is -3.60. The van der Waals surface area contributed by atoms with E-state index in [9.17, 15) is 17.2 Å². The van der Waals surface area contributed by atoms with Crippen LogP contribution in [0.3, 0.4) is 0 Å². The number of halogens is 2. The molecule has 0 aliphatic rings. The molecular formula is C8H9F2NO3S. The summed E-state index contributed by atoms with van der Waals surface area (Å²) in [4.78, 5) is 0. The van der Waals surface area contributed by atoms with Crippen molar-refractivity contribution in [2.24, 2.45) is 5.14 Å². The van der Waals surface area contributed by atoms with E-state index in [-0.39, 0.29) is 11.5 Å². The first-order chi connectivity index (χ1) is 6.87. The van der Waals surface area contributed by atoms with E-state index >= 15 is 0 Å². The molecule has 84 valence electrons. The van der Waals surface area contributed by atoms with Gasteiger partial charge in [-0.2, -0.15) is 8.78 Å². The first-order valence-corrected chi connectivity index (χ1v) is 5.62. The van der Waals surface area contributed by atoms with Crippen LogP contribution in [0.4, 0.5) is 8.78 Å². The lowest BCUT2D eigenvalue weighted by molar-refractivity contribution is -0.0498. The van der Waals surface area contributed by atoms with Gasteiger partial charge in [-0.05, 0) is 17.7 Å². The minimum atomic E-state index is -3.60. The Morgan fingerprint density at radius 3 is 2.20 bits per heavy atom. The highest BCUT2D eigenvalue weighted by molar-refractivity contribution is 7.88. The van der Waals surface area contributed by atoms with Crippen LogP contribution in [0.5, 0.6) is 5.75 Å². The number of ether oxygens (including phenoxy) is 1. The number of hydrogen-bond donors (Lipinski definition) is 1. The van der Waals surface area contributed by atoms with Gasteiger partial charge in [0.25, 0.3) is 0 Å². The van der Waals surface area contributed by atoms with Crippen LogP contribution in [0, 0.1) is 0 Å². The molecule has 4 nitrogen and oxygen atoms in total. The van der Waals surface area contributed by atoms with Gasteiger partial charge >= 0.3 is 6.61 Å². The summed E-state index contributed by atoms with van der Waals surface area (Å²) < 4.78 is 49.0. The van der Waals surface area contributed by atoms with Crippen LogP contribution in [0.2, 0.25) is 0 Å². The highest BCUT2D eigenvalue weighted by Crippen LogP contribution is 2.15. The molecule has 7 heteroatoms. The molecule has 0 heterocycles. The minimum absolute atomic E-state index is 0.0248. The molecule has 0 spiro atoms. The number of primary sulfonamides is 1. The van der Waals surface area contributed by atoms with Crippen LogP contribution in [0.1, 0.15) is 5.56 Å². The summed E-state index contributed by atoms with van der Waals surface area (Å²) in [6.07, 6.45) is 0. The monoisotopic (exact) mass is 237 g/mol. The third-order valence-corrected chi connectivity index (χ3v) is 2.25. The summed E-state index contributed by atoms with van der Waals surface area (Å²) in [5.74, 6) is -0.356. The van der Waals surface area contributed by atoms with Crippen molar-refractivity contribution >= 4 is 10.0 Å². The first-order valence-electron chi connectivity index (χ1n) is 3.91. The Balaban J connectivity index is 2.73. The number of hydrogen-bond acceptors (Lipinski definition) is 3. The van der Waals surface area contributed by atoms with Crippen LogP contribution in [-0.4, -0.2) is 15.0 Å². The van der Waals surface area contributed by atoms with E-state index in [0.29, 0.717) is 5.56 Å². The predicted octanol–water partition coefficient (Wildman–Crippen LogP) is 1.08. The Labute approximate surface area is 85.7 Å². The maximum atomic E-state index is 11.8. The molecule has 2 N–H and O–H groups in total. The zero-order chi connectivity index (χ0) is 11.5. The van der Waals surface area contributed by atoms with E-state index in [1.807, 2.05) is 0 Å². The Hall–Kier alpha value is -1.21. The van der Waals surface area contributed by atoms with E-state index < -0.39 is 16.6 Å². The highest BCUT2D eigenvalue weighted by atomic mass is 32.2. The quantitative estimate of drug-likeness (QED) is 0.851. The predicted molar refractivity (Wildman–Crippen MR) is 49.9 cm³/mol. The van der Waals surface area contributed by atoms with Crippen LogP contribution in [-0.2, 0) is 15.8 Å². The van der Waals surface area contributed by atoms with Crippen LogP contribution >= 0.6 is 0 Å². The summed E-state index contributed by atoms with van der Waals surface area (Å²) in [5, 5.41) is 4.81. The maximum absolute atomic E-state index is 11.8. The van der Waals surface area contributed by atoms with Gasteiger partial charge < -0.3 is 4.74 Å². The Kier molecular flexibility index (Phi) is 3.59. The fraction of sp³-hybridized carbons (Fsp3) is 0.250. The topological polar surface area (TPSA) is 69.4 Å². The second kappa shape index (κ2) is 4.54. The van der Waals surface area contributed by atoms with Gasteiger partial charge in [0.15, 0.2) is 0 Å². The molecule has 0 aromatic heterocycles. The van der Waals surface area contributed by atoms with Gasteiger partial charge in [0.05, 0.1) is 5.75 Å². The van der Waals surface area contributed by atoms with Crippen LogP contribution < -0.4 is 9.88 Å². The van der Waals surface area contributed by atoms with E-state index in [4.69, 9.17) is 5.14 Å². The van der Waals surface area contributed by atoms with Crippen molar-refractivity contribution in [3.05, 3.63) is 29.8 Å². The number of benzene rings is 1. The average molecular weight is 237 g/mol. The van der Waals surface area contributed by atoms with Crippen molar-refractivity contribution < 1.29 is 21.9 Å². The number of nitrogens with two attached hydrogens (primary N) is 1. The molecule has 0 bridgehead atoms. The molecule has 0 saturated carbocycles. The Bertz CT molecular complexity index is 416. The van der Waals surface area contributed by atoms with Gasteiger partial charge in [0.2, 0.25) is 10.0 Å². The fourth-order valence-corrected chi connectivity index (χ4v) is 1.66. The van der Waals surface area contributed by atoms with Gasteiger partial charge in [0.1, 0.15) is 5.75 Å².